The lowest BCUT2D eigenvalue weighted by Crippen LogP contribution is -2.52. The van der Waals surface area contributed by atoms with E-state index in [0.29, 0.717) is 32.7 Å². The van der Waals surface area contributed by atoms with Gasteiger partial charge in [-0.25, -0.2) is 0 Å². The fourth-order valence-electron chi connectivity index (χ4n) is 3.35. The Morgan fingerprint density at radius 3 is 2.62 bits per heavy atom. The monoisotopic (exact) mass is 405 g/mol. The first kappa shape index (κ1) is 21.4. The molecule has 0 bridgehead atoms. The van der Waals surface area contributed by atoms with Crippen molar-refractivity contribution in [3.05, 3.63) is 23.8 Å². The fraction of sp³-hybridized carbons (Fsp3) is 0.619. The van der Waals surface area contributed by atoms with Crippen molar-refractivity contribution in [3.63, 3.8) is 0 Å². The molecule has 2 aliphatic rings. The van der Waals surface area contributed by atoms with E-state index in [9.17, 15) is 9.59 Å². The number of rotatable bonds is 9. The molecule has 0 saturated carbocycles. The topological polar surface area (TPSA) is 80.3 Å². The molecule has 0 unspecified atom stereocenters. The lowest BCUT2D eigenvalue weighted by Gasteiger charge is -2.34. The Kier molecular flexibility index (Phi) is 8.13. The Bertz CT molecular complexity index is 689. The normalized spacial score (nSPS) is 16.1. The van der Waals surface area contributed by atoms with Crippen LogP contribution in [0.3, 0.4) is 0 Å². The Morgan fingerprint density at radius 1 is 1.07 bits per heavy atom. The van der Waals surface area contributed by atoms with Gasteiger partial charge in [-0.15, -0.1) is 0 Å². The van der Waals surface area contributed by atoms with Crippen LogP contribution >= 0.6 is 0 Å². The van der Waals surface area contributed by atoms with Gasteiger partial charge < -0.3 is 24.4 Å². The summed E-state index contributed by atoms with van der Waals surface area (Å²) in [4.78, 5) is 28.3. The second-order valence-corrected chi connectivity index (χ2v) is 7.33. The van der Waals surface area contributed by atoms with E-state index in [0.717, 1.165) is 56.1 Å². The highest BCUT2D eigenvalue weighted by Crippen LogP contribution is 2.32. The van der Waals surface area contributed by atoms with Gasteiger partial charge in [0.1, 0.15) is 0 Å². The largest absolute Gasteiger partial charge is 0.454 e. The molecule has 1 N–H and O–H groups in total. The number of fused-ring (bicyclic) bond motifs is 1. The molecule has 0 spiro atoms. The molecule has 1 aromatic rings. The molecular formula is C21H31N3O5. The van der Waals surface area contributed by atoms with Crippen molar-refractivity contribution in [1.82, 2.24) is 15.1 Å². The maximum atomic E-state index is 12.3. The van der Waals surface area contributed by atoms with Crippen molar-refractivity contribution in [3.8, 4) is 11.5 Å². The fourth-order valence-corrected chi connectivity index (χ4v) is 3.35. The van der Waals surface area contributed by atoms with Crippen LogP contribution in [0.25, 0.3) is 0 Å². The number of carbonyl (C=O) groups excluding carboxylic acids is 2. The first-order valence-electron chi connectivity index (χ1n) is 10.4. The van der Waals surface area contributed by atoms with Crippen LogP contribution in [-0.2, 0) is 20.9 Å². The molecule has 2 amide bonds. The van der Waals surface area contributed by atoms with Gasteiger partial charge in [-0.1, -0.05) is 19.4 Å². The second-order valence-electron chi connectivity index (χ2n) is 7.33. The first-order valence-corrected chi connectivity index (χ1v) is 10.4. The van der Waals surface area contributed by atoms with Gasteiger partial charge in [0.15, 0.2) is 11.5 Å². The maximum Gasteiger partial charge on any atom is 0.311 e. The standard InChI is InChI=1S/C21H31N3O5/c1-2-3-12-27-13-4-7-22-20(25)21(26)24-10-8-23(9-11-24)15-17-5-6-18-19(14-17)29-16-28-18/h5-6,14H,2-4,7-13,15-16H2,1H3,(H,22,25). The summed E-state index contributed by atoms with van der Waals surface area (Å²) in [6.07, 6.45) is 2.87. The quantitative estimate of drug-likeness (QED) is 0.494. The number of ether oxygens (including phenoxy) is 3. The lowest BCUT2D eigenvalue weighted by atomic mass is 10.1. The van der Waals surface area contributed by atoms with Crippen LogP contribution < -0.4 is 14.8 Å². The molecule has 1 fully saturated rings. The van der Waals surface area contributed by atoms with Crippen LogP contribution in [-0.4, -0.2) is 74.3 Å². The van der Waals surface area contributed by atoms with Gasteiger partial charge >= 0.3 is 11.8 Å². The number of benzene rings is 1. The average Bonchev–Trinajstić information content (AvgIpc) is 3.21. The van der Waals surface area contributed by atoms with Gasteiger partial charge in [0.2, 0.25) is 6.79 Å². The van der Waals surface area contributed by atoms with E-state index >= 15 is 0 Å². The Morgan fingerprint density at radius 2 is 1.83 bits per heavy atom. The SMILES string of the molecule is CCCCOCCCNC(=O)C(=O)N1CCN(Cc2ccc3c(c2)OCO3)CC1. The molecule has 2 aliphatic heterocycles. The van der Waals surface area contributed by atoms with Crippen molar-refractivity contribution >= 4 is 11.8 Å². The van der Waals surface area contributed by atoms with Crippen molar-refractivity contribution in [2.75, 3.05) is 52.7 Å². The van der Waals surface area contributed by atoms with E-state index < -0.39 is 11.8 Å². The van der Waals surface area contributed by atoms with Gasteiger partial charge in [-0.3, -0.25) is 14.5 Å². The van der Waals surface area contributed by atoms with E-state index in [-0.39, 0.29) is 6.79 Å². The molecule has 1 saturated heterocycles. The van der Waals surface area contributed by atoms with Crippen LogP contribution in [0.5, 0.6) is 11.5 Å². The number of nitrogens with one attached hydrogen (secondary N) is 1. The highest BCUT2D eigenvalue weighted by atomic mass is 16.7. The van der Waals surface area contributed by atoms with E-state index in [1.807, 2.05) is 18.2 Å². The van der Waals surface area contributed by atoms with Crippen LogP contribution in [0.2, 0.25) is 0 Å². The average molecular weight is 405 g/mol. The molecule has 1 aromatic carbocycles. The van der Waals surface area contributed by atoms with Crippen LogP contribution in [0.15, 0.2) is 18.2 Å². The predicted molar refractivity (Wildman–Crippen MR) is 108 cm³/mol. The van der Waals surface area contributed by atoms with Crippen LogP contribution in [0.4, 0.5) is 0 Å². The Hall–Kier alpha value is -2.32. The molecule has 29 heavy (non-hydrogen) atoms. The predicted octanol–water partition coefficient (Wildman–Crippen LogP) is 1.38. The summed E-state index contributed by atoms with van der Waals surface area (Å²) < 4.78 is 16.2. The number of piperazine rings is 1. The van der Waals surface area contributed by atoms with E-state index in [4.69, 9.17) is 14.2 Å². The first-order chi connectivity index (χ1) is 14.2. The summed E-state index contributed by atoms with van der Waals surface area (Å²) in [5.41, 5.74) is 1.15. The summed E-state index contributed by atoms with van der Waals surface area (Å²) in [7, 11) is 0. The zero-order valence-electron chi connectivity index (χ0n) is 17.2. The number of hydrogen-bond acceptors (Lipinski definition) is 6. The van der Waals surface area contributed by atoms with Crippen LogP contribution in [0.1, 0.15) is 31.7 Å². The summed E-state index contributed by atoms with van der Waals surface area (Å²) in [6.45, 7) is 7.56. The smallest absolute Gasteiger partial charge is 0.311 e. The summed E-state index contributed by atoms with van der Waals surface area (Å²) in [5.74, 6) is 0.592. The molecule has 3 rings (SSSR count). The van der Waals surface area contributed by atoms with Gasteiger partial charge in [-0.2, -0.15) is 0 Å². The number of nitrogens with zero attached hydrogens (tertiary/aromatic N) is 2. The minimum absolute atomic E-state index is 0.271. The second kappa shape index (κ2) is 11.0. The minimum Gasteiger partial charge on any atom is -0.454 e. The molecule has 0 radical (unpaired) electrons. The van der Waals surface area contributed by atoms with Crippen molar-refractivity contribution < 1.29 is 23.8 Å². The number of hydrogen-bond donors (Lipinski definition) is 1. The molecule has 2 heterocycles. The third-order valence-corrected chi connectivity index (χ3v) is 5.09. The minimum atomic E-state index is -0.525. The third kappa shape index (κ3) is 6.33. The van der Waals surface area contributed by atoms with Crippen molar-refractivity contribution in [1.29, 1.82) is 0 Å². The van der Waals surface area contributed by atoms with Gasteiger partial charge in [-0.05, 0) is 30.5 Å². The van der Waals surface area contributed by atoms with Gasteiger partial charge in [0.05, 0.1) is 0 Å². The van der Waals surface area contributed by atoms with Crippen molar-refractivity contribution in [2.24, 2.45) is 0 Å². The van der Waals surface area contributed by atoms with E-state index in [2.05, 4.69) is 17.1 Å². The Labute approximate surface area is 172 Å². The highest BCUT2D eigenvalue weighted by molar-refractivity contribution is 6.35. The lowest BCUT2D eigenvalue weighted by molar-refractivity contribution is -0.147. The summed E-state index contributed by atoms with van der Waals surface area (Å²) in [5, 5.41) is 2.70. The number of unbranched alkanes of at least 4 members (excludes halogenated alkanes) is 1. The zero-order chi connectivity index (χ0) is 20.5. The van der Waals surface area contributed by atoms with Crippen molar-refractivity contribution in [2.45, 2.75) is 32.7 Å². The summed E-state index contributed by atoms with van der Waals surface area (Å²) in [6, 6.07) is 5.96. The van der Waals surface area contributed by atoms with Crippen LogP contribution in [0, 0.1) is 0 Å². The summed E-state index contributed by atoms with van der Waals surface area (Å²) >= 11 is 0. The zero-order valence-corrected chi connectivity index (χ0v) is 17.2. The third-order valence-electron chi connectivity index (χ3n) is 5.09. The molecular weight excluding hydrogens is 374 g/mol. The van der Waals surface area contributed by atoms with Gasteiger partial charge in [0, 0.05) is 52.5 Å². The Balaban J connectivity index is 1.33. The molecule has 8 heteroatoms. The molecule has 0 aromatic heterocycles. The molecule has 8 nitrogen and oxygen atoms in total. The van der Waals surface area contributed by atoms with E-state index in [1.54, 1.807) is 4.90 Å². The van der Waals surface area contributed by atoms with E-state index in [1.165, 1.54) is 0 Å². The highest BCUT2D eigenvalue weighted by Gasteiger charge is 2.26. The maximum absolute atomic E-state index is 12.3. The number of carbonyl (C=O) groups is 2. The van der Waals surface area contributed by atoms with Gasteiger partial charge in [0.25, 0.3) is 0 Å². The number of amides is 2. The molecule has 0 aliphatic carbocycles. The molecule has 160 valence electrons. The molecule has 0 atom stereocenters.